The van der Waals surface area contributed by atoms with Crippen LogP contribution in [0, 0.1) is 10.1 Å². The van der Waals surface area contributed by atoms with Crippen molar-refractivity contribution in [1.29, 1.82) is 0 Å². The Morgan fingerprint density at radius 1 is 1.03 bits per heavy atom. The second-order valence-electron chi connectivity index (χ2n) is 9.01. The minimum Gasteiger partial charge on any atom is -0.493 e. The zero-order valence-electron chi connectivity index (χ0n) is 19.7. The summed E-state index contributed by atoms with van der Waals surface area (Å²) in [6.07, 6.45) is 3.67. The predicted octanol–water partition coefficient (Wildman–Crippen LogP) is 6.07. The Hall–Kier alpha value is -3.46. The molecule has 3 aliphatic rings. The molecule has 2 aliphatic carbocycles. The maximum absolute atomic E-state index is 13.0. The number of Topliss-reactive ketones (excluding diaryl/α,β-unsaturated/α-hetero) is 2. The first-order valence-electron chi connectivity index (χ1n) is 11.8. The summed E-state index contributed by atoms with van der Waals surface area (Å²) in [6, 6.07) is 9.88. The Balaban J connectivity index is 1.53. The molecule has 0 aromatic heterocycles. The molecular formula is C27H24BrNO7. The molecule has 0 radical (unpaired) electrons. The highest BCUT2D eigenvalue weighted by Crippen LogP contribution is 2.50. The van der Waals surface area contributed by atoms with Crippen molar-refractivity contribution in [2.45, 2.75) is 51.0 Å². The molecule has 0 bridgehead atoms. The zero-order chi connectivity index (χ0) is 25.4. The van der Waals surface area contributed by atoms with Crippen LogP contribution in [-0.2, 0) is 20.9 Å². The molecule has 8 nitrogen and oxygen atoms in total. The first kappa shape index (κ1) is 24.2. The van der Waals surface area contributed by atoms with E-state index in [2.05, 4.69) is 15.9 Å². The largest absolute Gasteiger partial charge is 0.493 e. The second-order valence-corrected chi connectivity index (χ2v) is 9.87. The number of rotatable bonds is 6. The summed E-state index contributed by atoms with van der Waals surface area (Å²) >= 11 is 3.58. The number of benzene rings is 2. The van der Waals surface area contributed by atoms with Gasteiger partial charge in [0.15, 0.2) is 23.1 Å². The minimum absolute atomic E-state index is 0.00672. The fourth-order valence-electron chi connectivity index (χ4n) is 5.11. The van der Waals surface area contributed by atoms with Gasteiger partial charge in [0.05, 0.1) is 16.5 Å². The third-order valence-corrected chi connectivity index (χ3v) is 7.32. The topological polar surface area (TPSA) is 105 Å². The molecule has 0 amide bonds. The third kappa shape index (κ3) is 4.43. The van der Waals surface area contributed by atoms with E-state index >= 15 is 0 Å². The smallest absolute Gasteiger partial charge is 0.269 e. The molecule has 0 saturated carbocycles. The van der Waals surface area contributed by atoms with Gasteiger partial charge in [-0.05, 0) is 52.0 Å². The van der Waals surface area contributed by atoms with Crippen molar-refractivity contribution < 1.29 is 28.7 Å². The molecule has 1 heterocycles. The quantitative estimate of drug-likeness (QED) is 0.315. The van der Waals surface area contributed by atoms with Crippen LogP contribution < -0.4 is 9.47 Å². The third-order valence-electron chi connectivity index (χ3n) is 6.73. The SMILES string of the molecule is COc1cc(C2C3=C(CCCC3=O)OC3=C2C(=O)CCC3)cc(Br)c1OCc1cccc([N+](=O)[O-])c1. The molecule has 0 N–H and O–H groups in total. The highest BCUT2D eigenvalue weighted by Gasteiger charge is 2.42. The summed E-state index contributed by atoms with van der Waals surface area (Å²) in [5.41, 5.74) is 2.50. The fourth-order valence-corrected chi connectivity index (χ4v) is 5.69. The van der Waals surface area contributed by atoms with Crippen LogP contribution in [0.2, 0.25) is 0 Å². The van der Waals surface area contributed by atoms with Gasteiger partial charge in [0.25, 0.3) is 5.69 Å². The molecule has 5 rings (SSSR count). The van der Waals surface area contributed by atoms with Crippen molar-refractivity contribution in [1.82, 2.24) is 0 Å². The molecule has 0 fully saturated rings. The Morgan fingerprint density at radius 3 is 2.31 bits per heavy atom. The molecule has 1 aliphatic heterocycles. The zero-order valence-corrected chi connectivity index (χ0v) is 21.3. The highest BCUT2D eigenvalue weighted by atomic mass is 79.9. The van der Waals surface area contributed by atoms with Crippen LogP contribution in [0.25, 0.3) is 0 Å². The Morgan fingerprint density at radius 2 is 1.69 bits per heavy atom. The van der Waals surface area contributed by atoms with Gasteiger partial charge in [-0.1, -0.05) is 12.1 Å². The first-order chi connectivity index (χ1) is 17.4. The number of nitrogens with zero attached hydrogens (tertiary/aromatic N) is 1. The van der Waals surface area contributed by atoms with Crippen molar-refractivity contribution in [2.75, 3.05) is 7.11 Å². The number of nitro benzene ring substituents is 1. The van der Waals surface area contributed by atoms with Crippen molar-refractivity contribution >= 4 is 33.2 Å². The van der Waals surface area contributed by atoms with Gasteiger partial charge < -0.3 is 14.2 Å². The van der Waals surface area contributed by atoms with Gasteiger partial charge in [-0.3, -0.25) is 19.7 Å². The van der Waals surface area contributed by atoms with Crippen LogP contribution in [0.15, 0.2) is 63.5 Å². The van der Waals surface area contributed by atoms with E-state index in [0.717, 1.165) is 18.4 Å². The molecular weight excluding hydrogens is 530 g/mol. The van der Waals surface area contributed by atoms with Crippen molar-refractivity contribution in [2.24, 2.45) is 0 Å². The Bertz CT molecular complexity index is 1300. The van der Waals surface area contributed by atoms with E-state index in [4.69, 9.17) is 14.2 Å². The molecule has 9 heteroatoms. The van der Waals surface area contributed by atoms with Crippen LogP contribution in [0.3, 0.4) is 0 Å². The summed E-state index contributed by atoms with van der Waals surface area (Å²) in [4.78, 5) is 36.7. The molecule has 0 spiro atoms. The molecule has 2 aromatic rings. The number of hydrogen-bond acceptors (Lipinski definition) is 7. The van der Waals surface area contributed by atoms with E-state index in [0.29, 0.717) is 69.9 Å². The Kier molecular flexibility index (Phi) is 6.66. The molecule has 2 aromatic carbocycles. The average molecular weight is 554 g/mol. The van der Waals surface area contributed by atoms with E-state index in [9.17, 15) is 19.7 Å². The minimum atomic E-state index is -0.514. The van der Waals surface area contributed by atoms with E-state index < -0.39 is 10.8 Å². The van der Waals surface area contributed by atoms with E-state index in [1.165, 1.54) is 19.2 Å². The predicted molar refractivity (Wildman–Crippen MR) is 134 cm³/mol. The van der Waals surface area contributed by atoms with Crippen LogP contribution in [0.5, 0.6) is 11.5 Å². The van der Waals surface area contributed by atoms with Gasteiger partial charge in [-0.25, -0.2) is 0 Å². The number of carbonyl (C=O) groups excluding carboxylic acids is 2. The number of hydrogen-bond donors (Lipinski definition) is 0. The lowest BCUT2D eigenvalue weighted by molar-refractivity contribution is -0.384. The molecule has 0 atom stereocenters. The normalized spacial score (nSPS) is 17.9. The molecule has 36 heavy (non-hydrogen) atoms. The van der Waals surface area contributed by atoms with Gasteiger partial charge in [0.2, 0.25) is 0 Å². The second kappa shape index (κ2) is 9.89. The number of nitro groups is 1. The maximum atomic E-state index is 13.0. The summed E-state index contributed by atoms with van der Waals surface area (Å²) in [6.45, 7) is 0.0921. The van der Waals surface area contributed by atoms with Gasteiger partial charge >= 0.3 is 0 Å². The van der Waals surface area contributed by atoms with Gasteiger partial charge in [-0.15, -0.1) is 0 Å². The summed E-state index contributed by atoms with van der Waals surface area (Å²) in [5, 5.41) is 11.1. The number of non-ortho nitro benzene ring substituents is 1. The first-order valence-corrected chi connectivity index (χ1v) is 12.6. The van der Waals surface area contributed by atoms with Gasteiger partial charge in [-0.2, -0.15) is 0 Å². The van der Waals surface area contributed by atoms with Gasteiger partial charge in [0.1, 0.15) is 18.1 Å². The van der Waals surface area contributed by atoms with Crippen molar-refractivity contribution in [3.05, 3.63) is 84.8 Å². The maximum Gasteiger partial charge on any atom is 0.269 e. The average Bonchev–Trinajstić information content (AvgIpc) is 2.87. The number of ketones is 2. The summed E-state index contributed by atoms with van der Waals surface area (Å²) in [7, 11) is 1.52. The van der Waals surface area contributed by atoms with Crippen LogP contribution in [0.4, 0.5) is 5.69 Å². The van der Waals surface area contributed by atoms with Crippen LogP contribution in [0.1, 0.15) is 55.6 Å². The number of halogens is 1. The van der Waals surface area contributed by atoms with Crippen LogP contribution in [-0.4, -0.2) is 23.6 Å². The van der Waals surface area contributed by atoms with Crippen molar-refractivity contribution in [3.8, 4) is 11.5 Å². The van der Waals surface area contributed by atoms with Crippen molar-refractivity contribution in [3.63, 3.8) is 0 Å². The lowest BCUT2D eigenvalue weighted by Gasteiger charge is -2.36. The molecule has 0 unspecified atom stereocenters. The summed E-state index contributed by atoms with van der Waals surface area (Å²) in [5.74, 6) is 1.69. The Labute approximate surface area is 216 Å². The van der Waals surface area contributed by atoms with Gasteiger partial charge in [0, 0.05) is 54.9 Å². The number of carbonyl (C=O) groups is 2. The standard InChI is InChI=1S/C27H24BrNO7/c1-34-23-13-16(12-18(28)27(23)35-14-15-5-2-6-17(11-15)29(32)33)24-25-19(30)7-3-9-21(25)36-22-10-4-8-20(31)26(22)24/h2,5-6,11-13,24H,3-4,7-10,14H2,1H3. The lowest BCUT2D eigenvalue weighted by Crippen LogP contribution is -2.30. The fraction of sp³-hybridized carbons (Fsp3) is 0.333. The van der Waals surface area contributed by atoms with E-state index in [1.807, 2.05) is 6.07 Å². The lowest BCUT2D eigenvalue weighted by atomic mass is 9.73. The number of allylic oxidation sites excluding steroid dienone is 4. The molecule has 0 saturated heterocycles. The van der Waals surface area contributed by atoms with E-state index in [-0.39, 0.29) is 23.9 Å². The molecule has 186 valence electrons. The summed E-state index contributed by atoms with van der Waals surface area (Å²) < 4.78 is 18.3. The monoisotopic (exact) mass is 553 g/mol. The number of methoxy groups -OCH3 is 1. The van der Waals surface area contributed by atoms with E-state index in [1.54, 1.807) is 18.2 Å². The van der Waals surface area contributed by atoms with Crippen LogP contribution >= 0.6 is 15.9 Å². The number of ether oxygens (including phenoxy) is 3. The highest BCUT2D eigenvalue weighted by molar-refractivity contribution is 9.10.